The van der Waals surface area contributed by atoms with Crippen LogP contribution in [0.3, 0.4) is 0 Å². The van der Waals surface area contributed by atoms with Crippen molar-refractivity contribution in [2.75, 3.05) is 0 Å². The summed E-state index contributed by atoms with van der Waals surface area (Å²) < 4.78 is 4.01. The van der Waals surface area contributed by atoms with Crippen LogP contribution >= 0.6 is 12.9 Å². The minimum Gasteiger partial charge on any atom is -0.378 e. The average molecular weight is 135 g/mol. The molecule has 0 aliphatic heterocycles. The summed E-state index contributed by atoms with van der Waals surface area (Å²) in [7, 11) is 0. The van der Waals surface area contributed by atoms with E-state index in [1.165, 1.54) is 0 Å². The van der Waals surface area contributed by atoms with Gasteiger partial charge >= 0.3 is 6.09 Å². The molecule has 0 saturated carbocycles. The van der Waals surface area contributed by atoms with Gasteiger partial charge in [-0.2, -0.15) is 0 Å². The third-order valence-electron chi connectivity index (χ3n) is 0.489. The minimum absolute atomic E-state index is 0.106. The van der Waals surface area contributed by atoms with Crippen LogP contribution in [0.2, 0.25) is 0 Å². The Hall–Kier alpha value is -0.380. The van der Waals surface area contributed by atoms with Crippen LogP contribution in [0.25, 0.3) is 0 Å². The van der Waals surface area contributed by atoms with Gasteiger partial charge in [0.15, 0.2) is 0 Å². The second-order valence-electron chi connectivity index (χ2n) is 1.68. The van der Waals surface area contributed by atoms with Gasteiger partial charge in [-0.25, -0.2) is 4.79 Å². The lowest BCUT2D eigenvalue weighted by molar-refractivity contribution is 0.206. The van der Waals surface area contributed by atoms with Crippen molar-refractivity contribution in [2.24, 2.45) is 0 Å². The molecule has 0 rings (SSSR count). The Bertz CT molecular complexity index is 84.1. The lowest BCUT2D eigenvalue weighted by Crippen LogP contribution is -2.28. The van der Waals surface area contributed by atoms with Crippen LogP contribution in [-0.4, -0.2) is 12.1 Å². The summed E-state index contributed by atoms with van der Waals surface area (Å²) in [5.74, 6) is 0. The lowest BCUT2D eigenvalue weighted by atomic mass is 10.4. The van der Waals surface area contributed by atoms with Crippen molar-refractivity contribution >= 4 is 19.0 Å². The van der Waals surface area contributed by atoms with Crippen LogP contribution < -0.4 is 5.32 Å². The molecule has 0 aliphatic carbocycles. The van der Waals surface area contributed by atoms with E-state index in [0.29, 0.717) is 0 Å². The molecular formula is C4H9NO2S. The average Bonchev–Trinajstić information content (AvgIpc) is 1.65. The van der Waals surface area contributed by atoms with Crippen molar-refractivity contribution < 1.29 is 8.98 Å². The third kappa shape index (κ3) is 3.80. The molecule has 0 bridgehead atoms. The molecular weight excluding hydrogens is 126 g/mol. The summed E-state index contributed by atoms with van der Waals surface area (Å²) in [6, 6.07) is 0.106. The predicted molar refractivity (Wildman–Crippen MR) is 33.7 cm³/mol. The van der Waals surface area contributed by atoms with Gasteiger partial charge in [-0.05, 0) is 13.8 Å². The van der Waals surface area contributed by atoms with Crippen molar-refractivity contribution in [3.05, 3.63) is 0 Å². The zero-order valence-corrected chi connectivity index (χ0v) is 5.74. The molecule has 0 aromatic heterocycles. The van der Waals surface area contributed by atoms with Crippen LogP contribution in [0.15, 0.2) is 0 Å². The normalized spacial score (nSPS) is 9.00. The smallest absolute Gasteiger partial charge is 0.378 e. The summed E-state index contributed by atoms with van der Waals surface area (Å²) in [6.45, 7) is 3.68. The second-order valence-corrected chi connectivity index (χ2v) is 1.86. The summed E-state index contributed by atoms with van der Waals surface area (Å²) in [6.07, 6.45) is -0.511. The fourth-order valence-corrected chi connectivity index (χ4v) is 0.315. The van der Waals surface area contributed by atoms with Gasteiger partial charge in [-0.1, -0.05) is 0 Å². The molecule has 1 N–H and O–H groups in total. The topological polar surface area (TPSA) is 38.3 Å². The maximum absolute atomic E-state index is 10.2. The van der Waals surface area contributed by atoms with E-state index in [1.807, 2.05) is 13.8 Å². The SMILES string of the molecule is CC(C)NC(=O)OS. The van der Waals surface area contributed by atoms with E-state index in [9.17, 15) is 4.79 Å². The molecule has 0 heterocycles. The molecule has 0 saturated heterocycles. The molecule has 0 aromatic rings. The van der Waals surface area contributed by atoms with E-state index in [1.54, 1.807) is 0 Å². The summed E-state index contributed by atoms with van der Waals surface area (Å²) in [5, 5.41) is 2.45. The molecule has 4 heteroatoms. The van der Waals surface area contributed by atoms with Crippen LogP contribution in [0.4, 0.5) is 4.79 Å². The van der Waals surface area contributed by atoms with E-state index >= 15 is 0 Å². The van der Waals surface area contributed by atoms with Gasteiger partial charge in [0, 0.05) is 19.0 Å². The molecule has 0 unspecified atom stereocenters. The lowest BCUT2D eigenvalue weighted by Gasteiger charge is -2.03. The molecule has 0 aromatic carbocycles. The van der Waals surface area contributed by atoms with Gasteiger partial charge in [0.05, 0.1) is 0 Å². The number of hydrogen-bond acceptors (Lipinski definition) is 3. The van der Waals surface area contributed by atoms with Crippen LogP contribution in [0.5, 0.6) is 0 Å². The van der Waals surface area contributed by atoms with Gasteiger partial charge in [-0.15, -0.1) is 0 Å². The molecule has 1 amide bonds. The van der Waals surface area contributed by atoms with E-state index in [-0.39, 0.29) is 6.04 Å². The zero-order valence-electron chi connectivity index (χ0n) is 4.84. The summed E-state index contributed by atoms with van der Waals surface area (Å²) >= 11 is 3.28. The standard InChI is InChI=1S/C4H9NO2S/c1-3(2)5-4(6)7-8/h3,8H,1-2H3,(H,5,6). The maximum atomic E-state index is 10.2. The van der Waals surface area contributed by atoms with Gasteiger partial charge in [0.1, 0.15) is 0 Å². The van der Waals surface area contributed by atoms with Crippen molar-refractivity contribution in [2.45, 2.75) is 19.9 Å². The van der Waals surface area contributed by atoms with Gasteiger partial charge in [0.2, 0.25) is 0 Å². The van der Waals surface area contributed by atoms with Crippen LogP contribution in [-0.2, 0) is 4.18 Å². The highest BCUT2D eigenvalue weighted by Gasteiger charge is 1.98. The summed E-state index contributed by atoms with van der Waals surface area (Å²) in [5.41, 5.74) is 0. The minimum atomic E-state index is -0.511. The van der Waals surface area contributed by atoms with Gasteiger partial charge in [-0.3, -0.25) is 0 Å². The van der Waals surface area contributed by atoms with E-state index in [0.717, 1.165) is 0 Å². The number of nitrogens with one attached hydrogen (secondary N) is 1. The van der Waals surface area contributed by atoms with Crippen molar-refractivity contribution in [1.82, 2.24) is 5.32 Å². The zero-order chi connectivity index (χ0) is 6.57. The molecule has 48 valence electrons. The predicted octanol–water partition coefficient (Wildman–Crippen LogP) is 0.966. The molecule has 0 aliphatic rings. The molecule has 8 heavy (non-hydrogen) atoms. The third-order valence-corrected chi connectivity index (χ3v) is 0.655. The number of carbonyl (C=O) groups excluding carboxylic acids is 1. The number of rotatable bonds is 1. The van der Waals surface area contributed by atoms with Crippen LogP contribution in [0, 0.1) is 0 Å². The fourth-order valence-electron chi connectivity index (χ4n) is 0.262. The van der Waals surface area contributed by atoms with Crippen molar-refractivity contribution in [1.29, 1.82) is 0 Å². The molecule has 0 spiro atoms. The molecule has 0 radical (unpaired) electrons. The Kier molecular flexibility index (Phi) is 3.43. The van der Waals surface area contributed by atoms with Crippen molar-refractivity contribution in [3.8, 4) is 0 Å². The number of thiol groups is 1. The number of carbonyl (C=O) groups is 1. The molecule has 0 atom stereocenters. The highest BCUT2D eigenvalue weighted by molar-refractivity contribution is 7.75. The number of amides is 1. The highest BCUT2D eigenvalue weighted by Crippen LogP contribution is 1.82. The van der Waals surface area contributed by atoms with E-state index in [2.05, 4.69) is 22.4 Å². The maximum Gasteiger partial charge on any atom is 0.419 e. The molecule has 0 fully saturated rings. The Morgan fingerprint density at radius 3 is 2.38 bits per heavy atom. The van der Waals surface area contributed by atoms with Crippen LogP contribution in [0.1, 0.15) is 13.8 Å². The first-order valence-corrected chi connectivity index (χ1v) is 2.65. The van der Waals surface area contributed by atoms with E-state index < -0.39 is 6.09 Å². The molecule has 3 nitrogen and oxygen atoms in total. The quantitative estimate of drug-likeness (QED) is 0.415. The van der Waals surface area contributed by atoms with Gasteiger partial charge in [0.25, 0.3) is 0 Å². The second kappa shape index (κ2) is 3.60. The first-order valence-electron chi connectivity index (χ1n) is 2.28. The Morgan fingerprint density at radius 1 is 1.75 bits per heavy atom. The van der Waals surface area contributed by atoms with Crippen molar-refractivity contribution in [3.63, 3.8) is 0 Å². The first kappa shape index (κ1) is 7.62. The monoisotopic (exact) mass is 135 g/mol. The Balaban J connectivity index is 3.25. The Labute approximate surface area is 54.0 Å². The summed E-state index contributed by atoms with van der Waals surface area (Å²) in [4.78, 5) is 10.2. The van der Waals surface area contributed by atoms with Gasteiger partial charge < -0.3 is 9.50 Å². The largest absolute Gasteiger partial charge is 0.419 e. The fraction of sp³-hybridized carbons (Fsp3) is 0.750. The number of hydrogen-bond donors (Lipinski definition) is 2. The highest BCUT2D eigenvalue weighted by atomic mass is 32.1. The first-order chi connectivity index (χ1) is 3.66. The Morgan fingerprint density at radius 2 is 2.25 bits per heavy atom. The van der Waals surface area contributed by atoms with E-state index in [4.69, 9.17) is 0 Å².